The molecule has 7 heteroatoms. The molecular weight excluding hydrogens is 330 g/mol. The number of benzene rings is 2. The fourth-order valence-electron chi connectivity index (χ4n) is 2.40. The molecule has 0 saturated carbocycles. The van der Waals surface area contributed by atoms with Crippen LogP contribution in [0.15, 0.2) is 48.5 Å². The van der Waals surface area contributed by atoms with E-state index in [4.69, 9.17) is 16.3 Å². The molecule has 2 aromatic rings. The van der Waals surface area contributed by atoms with Crippen LogP contribution in [-0.2, 0) is 4.79 Å². The van der Waals surface area contributed by atoms with E-state index >= 15 is 0 Å². The Labute approximate surface area is 144 Å². The van der Waals surface area contributed by atoms with Crippen molar-refractivity contribution < 1.29 is 14.3 Å². The lowest BCUT2D eigenvalue weighted by atomic mass is 10.2. The van der Waals surface area contributed by atoms with Gasteiger partial charge in [0.05, 0.1) is 12.2 Å². The molecule has 1 heterocycles. The minimum absolute atomic E-state index is 0.0664. The zero-order valence-corrected chi connectivity index (χ0v) is 13.7. The molecule has 0 spiro atoms. The number of carbonyl (C=O) groups excluding carboxylic acids is 2. The van der Waals surface area contributed by atoms with E-state index in [0.29, 0.717) is 22.1 Å². The Hall–Kier alpha value is -2.73. The lowest BCUT2D eigenvalue weighted by Crippen LogP contribution is -2.50. The molecule has 0 aliphatic carbocycles. The maximum absolute atomic E-state index is 12.3. The summed E-state index contributed by atoms with van der Waals surface area (Å²) in [5, 5.41) is 5.89. The summed E-state index contributed by atoms with van der Waals surface area (Å²) < 4.78 is 5.68. The second-order valence-electron chi connectivity index (χ2n) is 5.31. The van der Waals surface area contributed by atoms with E-state index < -0.39 is 12.1 Å². The molecule has 24 heavy (non-hydrogen) atoms. The number of fused-ring (bicyclic) bond motifs is 1. The molecule has 6 nitrogen and oxygen atoms in total. The monoisotopic (exact) mass is 345 g/mol. The molecular formula is C17H16ClN3O3. The molecule has 124 valence electrons. The van der Waals surface area contributed by atoms with E-state index in [2.05, 4.69) is 10.6 Å². The fraction of sp³-hybridized carbons (Fsp3) is 0.176. The number of para-hydroxylation sites is 2. The molecule has 1 aliphatic heterocycles. The number of carbonyl (C=O) groups is 2. The minimum atomic E-state index is -0.763. The third-order valence-electron chi connectivity index (χ3n) is 3.65. The van der Waals surface area contributed by atoms with Gasteiger partial charge >= 0.3 is 6.03 Å². The van der Waals surface area contributed by atoms with Gasteiger partial charge in [0.2, 0.25) is 0 Å². The van der Waals surface area contributed by atoms with Crippen LogP contribution in [-0.4, -0.2) is 31.6 Å². The molecule has 1 atom stereocenters. The summed E-state index contributed by atoms with van der Waals surface area (Å²) in [6, 6.07) is 13.6. The highest BCUT2D eigenvalue weighted by atomic mass is 35.5. The third kappa shape index (κ3) is 3.44. The maximum Gasteiger partial charge on any atom is 0.319 e. The number of anilines is 2. The van der Waals surface area contributed by atoms with Crippen molar-refractivity contribution in [3.63, 3.8) is 0 Å². The van der Waals surface area contributed by atoms with Crippen LogP contribution in [0.25, 0.3) is 0 Å². The SMILES string of the molecule is CN1C(=O)C(CNC(=O)Nc2ccc(Cl)cc2)Oc2ccccc21. The van der Waals surface area contributed by atoms with E-state index in [1.807, 2.05) is 18.2 Å². The highest BCUT2D eigenvalue weighted by Gasteiger charge is 2.32. The molecule has 0 radical (unpaired) electrons. The van der Waals surface area contributed by atoms with Crippen LogP contribution in [0.1, 0.15) is 0 Å². The normalized spacial score (nSPS) is 16.2. The van der Waals surface area contributed by atoms with Crippen molar-refractivity contribution in [2.75, 3.05) is 23.8 Å². The number of halogens is 1. The first kappa shape index (κ1) is 16.1. The van der Waals surface area contributed by atoms with Gasteiger partial charge in [0.15, 0.2) is 6.10 Å². The van der Waals surface area contributed by atoms with E-state index in [9.17, 15) is 9.59 Å². The summed E-state index contributed by atoms with van der Waals surface area (Å²) in [7, 11) is 1.68. The zero-order chi connectivity index (χ0) is 17.1. The number of nitrogens with zero attached hydrogens (tertiary/aromatic N) is 1. The Kier molecular flexibility index (Phi) is 4.57. The van der Waals surface area contributed by atoms with Gasteiger partial charge in [-0.2, -0.15) is 0 Å². The van der Waals surface area contributed by atoms with Gasteiger partial charge < -0.3 is 20.3 Å². The fourth-order valence-corrected chi connectivity index (χ4v) is 2.52. The second kappa shape index (κ2) is 6.80. The summed E-state index contributed by atoms with van der Waals surface area (Å²) in [6.07, 6.45) is -0.763. The predicted octanol–water partition coefficient (Wildman–Crippen LogP) is 2.89. The predicted molar refractivity (Wildman–Crippen MR) is 92.7 cm³/mol. The van der Waals surface area contributed by atoms with Crippen LogP contribution in [0.2, 0.25) is 5.02 Å². The van der Waals surface area contributed by atoms with Gasteiger partial charge in [0, 0.05) is 17.8 Å². The van der Waals surface area contributed by atoms with Crippen LogP contribution < -0.4 is 20.3 Å². The van der Waals surface area contributed by atoms with Gasteiger partial charge in [0.1, 0.15) is 5.75 Å². The lowest BCUT2D eigenvalue weighted by Gasteiger charge is -2.31. The van der Waals surface area contributed by atoms with Crippen LogP contribution in [0, 0.1) is 0 Å². The molecule has 0 aromatic heterocycles. The molecule has 3 rings (SSSR count). The number of ether oxygens (including phenoxy) is 1. The Bertz CT molecular complexity index is 764. The van der Waals surface area contributed by atoms with Crippen molar-refractivity contribution in [3.8, 4) is 5.75 Å². The molecule has 2 aromatic carbocycles. The lowest BCUT2D eigenvalue weighted by molar-refractivity contribution is -0.125. The Morgan fingerprint density at radius 3 is 2.67 bits per heavy atom. The first-order chi connectivity index (χ1) is 11.5. The van der Waals surface area contributed by atoms with Gasteiger partial charge in [-0.3, -0.25) is 4.79 Å². The quantitative estimate of drug-likeness (QED) is 0.898. The van der Waals surface area contributed by atoms with Gasteiger partial charge in [-0.05, 0) is 36.4 Å². The zero-order valence-electron chi connectivity index (χ0n) is 13.0. The smallest absolute Gasteiger partial charge is 0.319 e. The van der Waals surface area contributed by atoms with E-state index in [-0.39, 0.29) is 12.5 Å². The molecule has 3 amide bonds. The molecule has 2 N–H and O–H groups in total. The number of hydrogen-bond acceptors (Lipinski definition) is 3. The summed E-state index contributed by atoms with van der Waals surface area (Å²) in [6.45, 7) is 0.0664. The minimum Gasteiger partial charge on any atom is -0.477 e. The van der Waals surface area contributed by atoms with Crippen molar-refractivity contribution in [3.05, 3.63) is 53.6 Å². The summed E-state index contributed by atoms with van der Waals surface area (Å²) in [5.74, 6) is 0.407. The average molecular weight is 346 g/mol. The first-order valence-corrected chi connectivity index (χ1v) is 7.76. The highest BCUT2D eigenvalue weighted by molar-refractivity contribution is 6.30. The van der Waals surface area contributed by atoms with Crippen molar-refractivity contribution in [2.24, 2.45) is 0 Å². The maximum atomic E-state index is 12.3. The summed E-state index contributed by atoms with van der Waals surface area (Å²) >= 11 is 5.79. The Balaban J connectivity index is 1.59. The largest absolute Gasteiger partial charge is 0.477 e. The number of likely N-dealkylation sites (N-methyl/N-ethyl adjacent to an activating group) is 1. The number of urea groups is 1. The molecule has 0 saturated heterocycles. The topological polar surface area (TPSA) is 70.7 Å². The van der Waals surface area contributed by atoms with Crippen molar-refractivity contribution >= 4 is 34.9 Å². The van der Waals surface area contributed by atoms with Crippen LogP contribution in [0.3, 0.4) is 0 Å². The third-order valence-corrected chi connectivity index (χ3v) is 3.90. The molecule has 1 aliphatic rings. The van der Waals surface area contributed by atoms with Crippen LogP contribution in [0.5, 0.6) is 5.75 Å². The number of rotatable bonds is 3. The molecule has 0 bridgehead atoms. The van der Waals surface area contributed by atoms with Gasteiger partial charge in [-0.1, -0.05) is 23.7 Å². The van der Waals surface area contributed by atoms with Crippen LogP contribution >= 0.6 is 11.6 Å². The van der Waals surface area contributed by atoms with Crippen molar-refractivity contribution in [1.82, 2.24) is 5.32 Å². The summed E-state index contributed by atoms with van der Waals surface area (Å²) in [4.78, 5) is 25.8. The van der Waals surface area contributed by atoms with E-state index in [0.717, 1.165) is 0 Å². The number of amides is 3. The Morgan fingerprint density at radius 1 is 1.21 bits per heavy atom. The van der Waals surface area contributed by atoms with E-state index in [1.54, 1.807) is 37.4 Å². The van der Waals surface area contributed by atoms with Crippen molar-refractivity contribution in [2.45, 2.75) is 6.10 Å². The number of hydrogen-bond donors (Lipinski definition) is 2. The van der Waals surface area contributed by atoms with Gasteiger partial charge in [-0.15, -0.1) is 0 Å². The molecule has 0 fully saturated rings. The highest BCUT2D eigenvalue weighted by Crippen LogP contribution is 2.32. The average Bonchev–Trinajstić information content (AvgIpc) is 2.59. The second-order valence-corrected chi connectivity index (χ2v) is 5.75. The van der Waals surface area contributed by atoms with Gasteiger partial charge in [-0.25, -0.2) is 4.79 Å². The van der Waals surface area contributed by atoms with E-state index in [1.165, 1.54) is 4.90 Å². The Morgan fingerprint density at radius 2 is 1.92 bits per heavy atom. The standard InChI is InChI=1S/C17H16ClN3O3/c1-21-13-4-2-3-5-14(13)24-15(16(21)22)10-19-17(23)20-12-8-6-11(18)7-9-12/h2-9,15H,10H2,1H3,(H2,19,20,23). The van der Waals surface area contributed by atoms with Gasteiger partial charge in [0.25, 0.3) is 5.91 Å². The van der Waals surface area contributed by atoms with Crippen LogP contribution in [0.4, 0.5) is 16.2 Å². The molecule has 1 unspecified atom stereocenters. The summed E-state index contributed by atoms with van der Waals surface area (Å²) in [5.41, 5.74) is 1.32. The first-order valence-electron chi connectivity index (χ1n) is 7.38. The van der Waals surface area contributed by atoms with Crippen molar-refractivity contribution in [1.29, 1.82) is 0 Å². The number of nitrogens with one attached hydrogen (secondary N) is 2.